The van der Waals surface area contributed by atoms with Crippen LogP contribution in [-0.4, -0.2) is 5.91 Å². The average Bonchev–Trinajstić information content (AvgIpc) is 2.77. The predicted octanol–water partition coefficient (Wildman–Crippen LogP) is 4.06. The summed E-state index contributed by atoms with van der Waals surface area (Å²) >= 11 is 0. The highest BCUT2D eigenvalue weighted by atomic mass is 16.2. The van der Waals surface area contributed by atoms with Gasteiger partial charge in [0.2, 0.25) is 5.91 Å². The number of carbonyl (C=O) groups is 1. The summed E-state index contributed by atoms with van der Waals surface area (Å²) in [6.07, 6.45) is 7.34. The van der Waals surface area contributed by atoms with Gasteiger partial charge in [0, 0.05) is 11.7 Å². The maximum Gasteiger partial charge on any atom is 0.234 e. The molecular weight excluding hydrogens is 272 g/mol. The molecule has 1 unspecified atom stereocenters. The molecule has 1 aromatic carbocycles. The van der Waals surface area contributed by atoms with Gasteiger partial charge in [0.05, 0.1) is 5.41 Å². The Hall–Kier alpha value is -1.35. The number of carbonyl (C=O) groups excluding carboxylic acids is 1. The fourth-order valence-corrected chi connectivity index (χ4v) is 4.00. The van der Waals surface area contributed by atoms with Crippen LogP contribution in [0.5, 0.6) is 0 Å². The Balaban J connectivity index is 2.00. The Morgan fingerprint density at radius 1 is 1.27 bits per heavy atom. The quantitative estimate of drug-likeness (QED) is 0.884. The minimum Gasteiger partial charge on any atom is -0.325 e. The highest BCUT2D eigenvalue weighted by molar-refractivity contribution is 6.06. The van der Waals surface area contributed by atoms with Gasteiger partial charge in [-0.15, -0.1) is 0 Å². The minimum atomic E-state index is -0.457. The van der Waals surface area contributed by atoms with E-state index in [1.54, 1.807) is 0 Å². The standard InChI is InChI=1S/C19H28N2O/c1-4-12-10-14(16(20)13-8-6-5-7-9-13)11-15-17(12)21-18(22)19(15,2)3/h10-11,13,16H,4-9,20H2,1-3H3,(H,21,22). The number of amides is 1. The van der Waals surface area contributed by atoms with Gasteiger partial charge in [-0.25, -0.2) is 0 Å². The van der Waals surface area contributed by atoms with Gasteiger partial charge in [0.15, 0.2) is 0 Å². The molecule has 0 radical (unpaired) electrons. The van der Waals surface area contributed by atoms with Crippen LogP contribution in [0.25, 0.3) is 0 Å². The van der Waals surface area contributed by atoms with E-state index in [0.717, 1.165) is 17.7 Å². The molecule has 0 spiro atoms. The topological polar surface area (TPSA) is 55.1 Å². The van der Waals surface area contributed by atoms with Gasteiger partial charge < -0.3 is 11.1 Å². The second kappa shape index (κ2) is 5.69. The van der Waals surface area contributed by atoms with Crippen molar-refractivity contribution in [3.05, 3.63) is 28.8 Å². The third-order valence-corrected chi connectivity index (χ3v) is 5.65. The van der Waals surface area contributed by atoms with Crippen LogP contribution in [0.2, 0.25) is 0 Å². The van der Waals surface area contributed by atoms with Crippen molar-refractivity contribution >= 4 is 11.6 Å². The van der Waals surface area contributed by atoms with Crippen LogP contribution in [0.1, 0.15) is 75.6 Å². The number of anilines is 1. The molecule has 1 fully saturated rings. The zero-order valence-electron chi connectivity index (χ0n) is 14.0. The third kappa shape index (κ3) is 2.45. The zero-order valence-corrected chi connectivity index (χ0v) is 14.0. The molecule has 3 nitrogen and oxygen atoms in total. The van der Waals surface area contributed by atoms with E-state index in [-0.39, 0.29) is 11.9 Å². The number of benzene rings is 1. The van der Waals surface area contributed by atoms with Crippen molar-refractivity contribution in [2.24, 2.45) is 11.7 Å². The van der Waals surface area contributed by atoms with Crippen LogP contribution >= 0.6 is 0 Å². The maximum atomic E-state index is 12.3. The molecule has 0 saturated heterocycles. The summed E-state index contributed by atoms with van der Waals surface area (Å²) in [5, 5.41) is 3.07. The van der Waals surface area contributed by atoms with E-state index in [9.17, 15) is 4.79 Å². The number of nitrogens with two attached hydrogens (primary N) is 1. The van der Waals surface area contributed by atoms with E-state index in [1.807, 2.05) is 13.8 Å². The minimum absolute atomic E-state index is 0.0978. The Kier molecular flexibility index (Phi) is 4.02. The molecule has 1 aliphatic heterocycles. The maximum absolute atomic E-state index is 12.3. The first kappa shape index (κ1) is 15.5. The van der Waals surface area contributed by atoms with Crippen molar-refractivity contribution in [1.29, 1.82) is 0 Å². The lowest BCUT2D eigenvalue weighted by Crippen LogP contribution is -2.27. The van der Waals surface area contributed by atoms with Gasteiger partial charge in [-0.1, -0.05) is 38.3 Å². The summed E-state index contributed by atoms with van der Waals surface area (Å²) < 4.78 is 0. The molecule has 0 aromatic heterocycles. The number of hydrogen-bond acceptors (Lipinski definition) is 2. The number of aryl methyl sites for hydroxylation is 1. The van der Waals surface area contributed by atoms with Crippen LogP contribution in [0.3, 0.4) is 0 Å². The first-order valence-electron chi connectivity index (χ1n) is 8.69. The van der Waals surface area contributed by atoms with Gasteiger partial charge in [-0.3, -0.25) is 4.79 Å². The smallest absolute Gasteiger partial charge is 0.234 e. The summed E-state index contributed by atoms with van der Waals surface area (Å²) in [5.74, 6) is 0.685. The fourth-order valence-electron chi connectivity index (χ4n) is 4.00. The molecule has 1 aliphatic carbocycles. The van der Waals surface area contributed by atoms with Crippen LogP contribution in [-0.2, 0) is 16.6 Å². The lowest BCUT2D eigenvalue weighted by atomic mass is 9.78. The Labute approximate surface area is 133 Å². The van der Waals surface area contributed by atoms with E-state index >= 15 is 0 Å². The molecule has 120 valence electrons. The average molecular weight is 300 g/mol. The second-order valence-corrected chi connectivity index (χ2v) is 7.46. The highest BCUT2D eigenvalue weighted by Gasteiger charge is 2.40. The highest BCUT2D eigenvalue weighted by Crippen LogP contribution is 2.42. The molecule has 3 rings (SSSR count). The van der Waals surface area contributed by atoms with Crippen LogP contribution in [0.4, 0.5) is 5.69 Å². The monoisotopic (exact) mass is 300 g/mol. The van der Waals surface area contributed by atoms with Crippen molar-refractivity contribution in [3.8, 4) is 0 Å². The van der Waals surface area contributed by atoms with Crippen molar-refractivity contribution in [3.63, 3.8) is 0 Å². The normalized spacial score (nSPS) is 22.3. The molecule has 1 saturated carbocycles. The van der Waals surface area contributed by atoms with Crippen LogP contribution in [0.15, 0.2) is 12.1 Å². The van der Waals surface area contributed by atoms with Crippen LogP contribution in [0, 0.1) is 5.92 Å². The molecule has 22 heavy (non-hydrogen) atoms. The zero-order chi connectivity index (χ0) is 15.9. The van der Waals surface area contributed by atoms with E-state index in [1.165, 1.54) is 43.2 Å². The van der Waals surface area contributed by atoms with Crippen molar-refractivity contribution in [2.75, 3.05) is 5.32 Å². The molecule has 2 aliphatic rings. The lowest BCUT2D eigenvalue weighted by Gasteiger charge is -2.29. The summed E-state index contributed by atoms with van der Waals surface area (Å²) in [6.45, 7) is 6.15. The lowest BCUT2D eigenvalue weighted by molar-refractivity contribution is -0.119. The van der Waals surface area contributed by atoms with Crippen molar-refractivity contribution in [1.82, 2.24) is 0 Å². The molecular formula is C19H28N2O. The van der Waals surface area contributed by atoms with Gasteiger partial charge in [-0.2, -0.15) is 0 Å². The van der Waals surface area contributed by atoms with Crippen LogP contribution < -0.4 is 11.1 Å². The summed E-state index contributed by atoms with van der Waals surface area (Å²) in [7, 11) is 0. The molecule has 1 atom stereocenters. The van der Waals surface area contributed by atoms with E-state index in [4.69, 9.17) is 5.73 Å². The van der Waals surface area contributed by atoms with Gasteiger partial charge in [0.1, 0.15) is 0 Å². The Morgan fingerprint density at radius 3 is 2.59 bits per heavy atom. The Morgan fingerprint density at radius 2 is 1.95 bits per heavy atom. The first-order valence-corrected chi connectivity index (χ1v) is 8.69. The number of fused-ring (bicyclic) bond motifs is 1. The fraction of sp³-hybridized carbons (Fsp3) is 0.632. The molecule has 3 heteroatoms. The van der Waals surface area contributed by atoms with Gasteiger partial charge in [-0.05, 0) is 55.7 Å². The molecule has 1 heterocycles. The van der Waals surface area contributed by atoms with Crippen molar-refractivity contribution < 1.29 is 4.79 Å². The SMILES string of the molecule is CCc1cc(C(N)C2CCCCC2)cc2c1NC(=O)C2(C)C. The summed E-state index contributed by atoms with van der Waals surface area (Å²) in [4.78, 5) is 12.3. The Bertz CT molecular complexity index is 585. The second-order valence-electron chi connectivity index (χ2n) is 7.46. The summed E-state index contributed by atoms with van der Waals surface area (Å²) in [6, 6.07) is 4.51. The predicted molar refractivity (Wildman–Crippen MR) is 91.0 cm³/mol. The molecule has 0 bridgehead atoms. The summed E-state index contributed by atoms with van der Waals surface area (Å²) in [5.41, 5.74) is 10.7. The van der Waals surface area contributed by atoms with Crippen molar-refractivity contribution in [2.45, 2.75) is 70.8 Å². The number of nitrogens with one attached hydrogen (secondary N) is 1. The molecule has 1 aromatic rings. The largest absolute Gasteiger partial charge is 0.325 e. The number of hydrogen-bond donors (Lipinski definition) is 2. The molecule has 1 amide bonds. The van der Waals surface area contributed by atoms with E-state index in [0.29, 0.717) is 5.92 Å². The first-order chi connectivity index (χ1) is 10.4. The number of rotatable bonds is 3. The van der Waals surface area contributed by atoms with Gasteiger partial charge >= 0.3 is 0 Å². The third-order valence-electron chi connectivity index (χ3n) is 5.65. The van der Waals surface area contributed by atoms with E-state index in [2.05, 4.69) is 24.4 Å². The van der Waals surface area contributed by atoms with E-state index < -0.39 is 5.41 Å². The van der Waals surface area contributed by atoms with Gasteiger partial charge in [0.25, 0.3) is 0 Å². The molecule has 3 N–H and O–H groups in total.